The molecule has 0 radical (unpaired) electrons. The van der Waals surface area contributed by atoms with E-state index in [9.17, 15) is 0 Å². The monoisotopic (exact) mass is 240 g/mol. The zero-order valence-corrected chi connectivity index (χ0v) is 11.8. The van der Waals surface area contributed by atoms with E-state index in [1.807, 2.05) is 0 Å². The van der Waals surface area contributed by atoms with Crippen molar-refractivity contribution in [1.82, 2.24) is 0 Å². The Bertz CT molecular complexity index is 539. The largest absolute Gasteiger partial charge is 0.496 e. The first-order chi connectivity index (χ1) is 8.51. The second-order valence-electron chi connectivity index (χ2n) is 5.02. The molecule has 2 aromatic rings. The van der Waals surface area contributed by atoms with Gasteiger partial charge in [0, 0.05) is 0 Å². The molecule has 0 saturated carbocycles. The van der Waals surface area contributed by atoms with Crippen LogP contribution in [0.2, 0.25) is 0 Å². The van der Waals surface area contributed by atoms with Crippen molar-refractivity contribution in [3.63, 3.8) is 0 Å². The Morgan fingerprint density at radius 2 is 1.11 bits per heavy atom. The fraction of sp³-hybridized carbons (Fsp3) is 0.294. The lowest BCUT2D eigenvalue weighted by molar-refractivity contribution is 0.408. The molecule has 1 nitrogen and oxygen atoms in total. The minimum absolute atomic E-state index is 0.989. The molecule has 0 aromatic heterocycles. The average Bonchev–Trinajstić information content (AvgIpc) is 2.27. The third kappa shape index (κ3) is 2.40. The number of ether oxygens (including phenoxy) is 1. The zero-order valence-electron chi connectivity index (χ0n) is 11.8. The van der Waals surface area contributed by atoms with Gasteiger partial charge in [0.15, 0.2) is 0 Å². The van der Waals surface area contributed by atoms with Crippen molar-refractivity contribution in [3.05, 3.63) is 52.6 Å². The zero-order chi connectivity index (χ0) is 13.3. The molecular formula is C17H20O. The van der Waals surface area contributed by atoms with Gasteiger partial charge in [-0.3, -0.25) is 0 Å². The molecule has 0 spiro atoms. The molecule has 94 valence electrons. The van der Waals surface area contributed by atoms with Crippen LogP contribution in [-0.2, 0) is 0 Å². The molecule has 0 N–H and O–H groups in total. The number of rotatable bonds is 2. The van der Waals surface area contributed by atoms with Crippen LogP contribution < -0.4 is 4.74 Å². The highest BCUT2D eigenvalue weighted by molar-refractivity contribution is 5.68. The van der Waals surface area contributed by atoms with Gasteiger partial charge >= 0.3 is 0 Å². The minimum atomic E-state index is 0.989. The normalized spacial score (nSPS) is 10.5. The van der Waals surface area contributed by atoms with Crippen molar-refractivity contribution >= 4 is 0 Å². The second kappa shape index (κ2) is 4.85. The molecule has 0 amide bonds. The summed E-state index contributed by atoms with van der Waals surface area (Å²) in [6.45, 7) is 8.47. The summed E-state index contributed by atoms with van der Waals surface area (Å²) in [7, 11) is 1.73. The van der Waals surface area contributed by atoms with E-state index in [0.29, 0.717) is 0 Å². The summed E-state index contributed by atoms with van der Waals surface area (Å²) in [5, 5.41) is 0. The maximum absolute atomic E-state index is 5.41. The highest BCUT2D eigenvalue weighted by atomic mass is 16.5. The lowest BCUT2D eigenvalue weighted by Gasteiger charge is -2.12. The summed E-state index contributed by atoms with van der Waals surface area (Å²) in [5.74, 6) is 0.989. The molecular weight excluding hydrogens is 220 g/mol. The van der Waals surface area contributed by atoms with Gasteiger partial charge < -0.3 is 4.74 Å². The lowest BCUT2D eigenvalue weighted by Crippen LogP contribution is -1.92. The van der Waals surface area contributed by atoms with Gasteiger partial charge in [-0.2, -0.15) is 0 Å². The van der Waals surface area contributed by atoms with E-state index in [1.165, 1.54) is 33.4 Å². The van der Waals surface area contributed by atoms with Crippen molar-refractivity contribution in [2.24, 2.45) is 0 Å². The van der Waals surface area contributed by atoms with Gasteiger partial charge in [0.05, 0.1) is 7.11 Å². The third-order valence-electron chi connectivity index (χ3n) is 3.22. The van der Waals surface area contributed by atoms with E-state index in [0.717, 1.165) is 5.75 Å². The Morgan fingerprint density at radius 1 is 0.667 bits per heavy atom. The fourth-order valence-electron chi connectivity index (χ4n) is 2.58. The van der Waals surface area contributed by atoms with Crippen LogP contribution in [0.3, 0.4) is 0 Å². The standard InChI is InChI=1S/C17H20O/c1-11-6-12(2)8-15(7-11)16-9-13(3)17(18-5)14(4)10-16/h6-10H,1-5H3. The van der Waals surface area contributed by atoms with Crippen molar-refractivity contribution in [2.45, 2.75) is 27.7 Å². The Labute approximate surface area is 109 Å². The maximum atomic E-state index is 5.41. The predicted octanol–water partition coefficient (Wildman–Crippen LogP) is 4.60. The molecule has 0 aliphatic carbocycles. The molecule has 0 fully saturated rings. The van der Waals surface area contributed by atoms with Gasteiger partial charge in [-0.15, -0.1) is 0 Å². The molecule has 0 bridgehead atoms. The van der Waals surface area contributed by atoms with E-state index in [1.54, 1.807) is 7.11 Å². The van der Waals surface area contributed by atoms with Crippen LogP contribution in [0.1, 0.15) is 22.3 Å². The van der Waals surface area contributed by atoms with E-state index in [2.05, 4.69) is 58.0 Å². The lowest BCUT2D eigenvalue weighted by atomic mass is 9.97. The van der Waals surface area contributed by atoms with E-state index >= 15 is 0 Å². The molecule has 0 unspecified atom stereocenters. The first-order valence-electron chi connectivity index (χ1n) is 6.25. The predicted molar refractivity (Wildman–Crippen MR) is 77.4 cm³/mol. The molecule has 0 aliphatic heterocycles. The van der Waals surface area contributed by atoms with Gasteiger partial charge in [0.25, 0.3) is 0 Å². The Kier molecular flexibility index (Phi) is 3.42. The van der Waals surface area contributed by atoms with Crippen molar-refractivity contribution in [1.29, 1.82) is 0 Å². The van der Waals surface area contributed by atoms with Gasteiger partial charge in [0.1, 0.15) is 5.75 Å². The topological polar surface area (TPSA) is 9.23 Å². The van der Waals surface area contributed by atoms with Gasteiger partial charge in [-0.25, -0.2) is 0 Å². The minimum Gasteiger partial charge on any atom is -0.496 e. The van der Waals surface area contributed by atoms with Gasteiger partial charge in [0.2, 0.25) is 0 Å². The number of methoxy groups -OCH3 is 1. The smallest absolute Gasteiger partial charge is 0.124 e. The molecule has 2 aromatic carbocycles. The number of hydrogen-bond acceptors (Lipinski definition) is 1. The maximum Gasteiger partial charge on any atom is 0.124 e. The van der Waals surface area contributed by atoms with Gasteiger partial charge in [-0.1, -0.05) is 29.3 Å². The summed E-state index contributed by atoms with van der Waals surface area (Å²) in [6, 6.07) is 11.0. The van der Waals surface area contributed by atoms with Crippen LogP contribution in [0.5, 0.6) is 5.75 Å². The van der Waals surface area contributed by atoms with E-state index < -0.39 is 0 Å². The number of aryl methyl sites for hydroxylation is 4. The van der Waals surface area contributed by atoms with Crippen LogP contribution in [0.25, 0.3) is 11.1 Å². The number of hydrogen-bond donors (Lipinski definition) is 0. The molecule has 0 atom stereocenters. The Morgan fingerprint density at radius 3 is 1.56 bits per heavy atom. The first kappa shape index (κ1) is 12.7. The van der Waals surface area contributed by atoms with Crippen LogP contribution in [0.15, 0.2) is 30.3 Å². The quantitative estimate of drug-likeness (QED) is 0.745. The van der Waals surface area contributed by atoms with Crippen molar-refractivity contribution < 1.29 is 4.74 Å². The fourth-order valence-corrected chi connectivity index (χ4v) is 2.58. The summed E-state index contributed by atoms with van der Waals surface area (Å²) >= 11 is 0. The molecule has 0 saturated heterocycles. The molecule has 2 rings (SSSR count). The molecule has 0 aliphatic rings. The third-order valence-corrected chi connectivity index (χ3v) is 3.22. The Balaban J connectivity index is 2.58. The summed E-state index contributed by atoms with van der Waals surface area (Å²) in [5.41, 5.74) is 7.52. The van der Waals surface area contributed by atoms with Crippen LogP contribution >= 0.6 is 0 Å². The number of benzene rings is 2. The highest BCUT2D eigenvalue weighted by Gasteiger charge is 2.07. The van der Waals surface area contributed by atoms with E-state index in [4.69, 9.17) is 4.74 Å². The first-order valence-corrected chi connectivity index (χ1v) is 6.25. The van der Waals surface area contributed by atoms with E-state index in [-0.39, 0.29) is 0 Å². The average molecular weight is 240 g/mol. The summed E-state index contributed by atoms with van der Waals surface area (Å²) < 4.78 is 5.41. The second-order valence-corrected chi connectivity index (χ2v) is 5.02. The van der Waals surface area contributed by atoms with Crippen LogP contribution in [-0.4, -0.2) is 7.11 Å². The molecule has 0 heterocycles. The van der Waals surface area contributed by atoms with Gasteiger partial charge in [-0.05, 0) is 62.1 Å². The van der Waals surface area contributed by atoms with Crippen molar-refractivity contribution in [3.8, 4) is 16.9 Å². The highest BCUT2D eigenvalue weighted by Crippen LogP contribution is 2.30. The summed E-state index contributed by atoms with van der Waals surface area (Å²) in [4.78, 5) is 0. The SMILES string of the molecule is COc1c(C)cc(-c2cc(C)cc(C)c2)cc1C. The summed E-state index contributed by atoms with van der Waals surface area (Å²) in [6.07, 6.45) is 0. The van der Waals surface area contributed by atoms with Crippen molar-refractivity contribution in [2.75, 3.05) is 7.11 Å². The molecule has 1 heteroatoms. The van der Waals surface area contributed by atoms with Crippen LogP contribution in [0, 0.1) is 27.7 Å². The molecule has 18 heavy (non-hydrogen) atoms. The van der Waals surface area contributed by atoms with Crippen LogP contribution in [0.4, 0.5) is 0 Å². The Hall–Kier alpha value is -1.76.